The van der Waals surface area contributed by atoms with Gasteiger partial charge in [-0.1, -0.05) is 24.3 Å². The Hall–Kier alpha value is -4.25. The van der Waals surface area contributed by atoms with Gasteiger partial charge < -0.3 is 10.8 Å². The second-order valence-electron chi connectivity index (χ2n) is 7.12. The lowest BCUT2D eigenvalue weighted by Gasteiger charge is -2.26. The van der Waals surface area contributed by atoms with Gasteiger partial charge >= 0.3 is 0 Å². The summed E-state index contributed by atoms with van der Waals surface area (Å²) in [6.07, 6.45) is 0. The van der Waals surface area contributed by atoms with Crippen molar-refractivity contribution in [2.75, 3.05) is 7.05 Å². The maximum atomic E-state index is 13.4. The molecule has 154 valence electrons. The average Bonchev–Trinajstić information content (AvgIpc) is 3.04. The number of rotatable bonds is 4. The highest BCUT2D eigenvalue weighted by Gasteiger charge is 2.51. The number of halogens is 1. The molecule has 2 aromatic carbocycles. The van der Waals surface area contributed by atoms with Crippen LogP contribution in [-0.2, 0) is 17.0 Å². The van der Waals surface area contributed by atoms with Crippen LogP contribution >= 0.6 is 0 Å². The SMILES string of the molecule is CN1C(=O)C(c2ccc(O)c(-c3cccc(C#N)c3)c2)(c2cccc(CF)n2)N=C1N. The van der Waals surface area contributed by atoms with Crippen molar-refractivity contribution in [2.45, 2.75) is 12.2 Å². The summed E-state index contributed by atoms with van der Waals surface area (Å²) in [7, 11) is 1.50. The van der Waals surface area contributed by atoms with Crippen molar-refractivity contribution < 1.29 is 14.3 Å². The monoisotopic (exact) mass is 415 g/mol. The third-order valence-electron chi connectivity index (χ3n) is 5.27. The van der Waals surface area contributed by atoms with Gasteiger partial charge in [0.25, 0.3) is 5.91 Å². The molecule has 1 aliphatic rings. The molecule has 0 radical (unpaired) electrons. The van der Waals surface area contributed by atoms with Crippen LogP contribution in [0.2, 0.25) is 0 Å². The van der Waals surface area contributed by atoms with Gasteiger partial charge in [0.15, 0.2) is 5.96 Å². The van der Waals surface area contributed by atoms with Gasteiger partial charge in [0.2, 0.25) is 5.54 Å². The number of hydrogen-bond donors (Lipinski definition) is 2. The first-order valence-corrected chi connectivity index (χ1v) is 9.40. The number of nitriles is 1. The van der Waals surface area contributed by atoms with E-state index >= 15 is 0 Å². The zero-order valence-corrected chi connectivity index (χ0v) is 16.6. The van der Waals surface area contributed by atoms with Gasteiger partial charge in [-0.3, -0.25) is 14.7 Å². The van der Waals surface area contributed by atoms with E-state index in [2.05, 4.69) is 16.0 Å². The molecule has 3 N–H and O–H groups in total. The van der Waals surface area contributed by atoms with Crippen LogP contribution in [-0.4, -0.2) is 33.9 Å². The largest absolute Gasteiger partial charge is 0.507 e. The first-order valence-electron chi connectivity index (χ1n) is 9.40. The predicted octanol–water partition coefficient (Wildman–Crippen LogP) is 2.83. The summed E-state index contributed by atoms with van der Waals surface area (Å²) >= 11 is 0. The van der Waals surface area contributed by atoms with Crippen LogP contribution in [0.15, 0.2) is 65.7 Å². The van der Waals surface area contributed by atoms with Crippen LogP contribution < -0.4 is 5.73 Å². The summed E-state index contributed by atoms with van der Waals surface area (Å²) in [5, 5.41) is 19.7. The number of likely N-dealkylation sites (N-methyl/N-ethyl adjacent to an activating group) is 1. The molecule has 8 heteroatoms. The zero-order valence-electron chi connectivity index (χ0n) is 16.6. The van der Waals surface area contributed by atoms with E-state index in [1.807, 2.05) is 0 Å². The third kappa shape index (κ3) is 3.16. The number of pyridine rings is 1. The predicted molar refractivity (Wildman–Crippen MR) is 112 cm³/mol. The molecule has 1 amide bonds. The van der Waals surface area contributed by atoms with Crippen molar-refractivity contribution in [3.8, 4) is 22.9 Å². The number of nitrogens with two attached hydrogens (primary N) is 1. The number of benzene rings is 2. The van der Waals surface area contributed by atoms with Gasteiger partial charge in [-0.2, -0.15) is 5.26 Å². The summed E-state index contributed by atoms with van der Waals surface area (Å²) in [5.41, 5.74) is 6.57. The van der Waals surface area contributed by atoms with Crippen LogP contribution in [0.5, 0.6) is 5.75 Å². The lowest BCUT2D eigenvalue weighted by Crippen LogP contribution is -2.41. The number of nitrogens with zero attached hydrogens (tertiary/aromatic N) is 4. The molecule has 1 atom stereocenters. The standard InChI is InChI=1S/C23H18FN5O2/c1-29-21(31)23(28-22(29)26,20-7-3-6-17(12-24)27-20)16-8-9-19(30)18(11-16)15-5-2-4-14(10-15)13-25/h2-11,30H,12H2,1H3,(H2,26,28). The van der Waals surface area contributed by atoms with Crippen LogP contribution in [0.4, 0.5) is 4.39 Å². The molecule has 0 spiro atoms. The molecule has 0 aliphatic carbocycles. The molecule has 0 saturated heterocycles. The van der Waals surface area contributed by atoms with E-state index in [9.17, 15) is 19.6 Å². The Bertz CT molecular complexity index is 1270. The number of alkyl halides is 1. The fourth-order valence-electron chi connectivity index (χ4n) is 3.65. The van der Waals surface area contributed by atoms with Gasteiger partial charge in [-0.15, -0.1) is 0 Å². The Morgan fingerprint density at radius 2 is 1.97 bits per heavy atom. The highest BCUT2D eigenvalue weighted by molar-refractivity contribution is 6.08. The number of guanidine groups is 1. The van der Waals surface area contributed by atoms with E-state index in [-0.39, 0.29) is 23.1 Å². The Labute approximate surface area is 177 Å². The van der Waals surface area contributed by atoms with Crippen molar-refractivity contribution in [1.29, 1.82) is 5.26 Å². The Kier molecular flexibility index (Phi) is 4.87. The number of aromatic hydroxyl groups is 1. The van der Waals surface area contributed by atoms with Crippen LogP contribution in [0, 0.1) is 11.3 Å². The number of phenolic OH excluding ortho intramolecular Hbond substituents is 1. The highest BCUT2D eigenvalue weighted by Crippen LogP contribution is 2.41. The van der Waals surface area contributed by atoms with Crippen molar-refractivity contribution in [3.63, 3.8) is 0 Å². The molecular weight excluding hydrogens is 397 g/mol. The topological polar surface area (TPSA) is 116 Å². The Morgan fingerprint density at radius 3 is 2.65 bits per heavy atom. The second kappa shape index (κ2) is 7.54. The van der Waals surface area contributed by atoms with Gasteiger partial charge in [-0.05, 0) is 47.5 Å². The van der Waals surface area contributed by atoms with Crippen LogP contribution in [0.25, 0.3) is 11.1 Å². The molecule has 0 saturated carbocycles. The first-order chi connectivity index (χ1) is 14.9. The van der Waals surface area contributed by atoms with Gasteiger partial charge in [0.1, 0.15) is 12.4 Å². The van der Waals surface area contributed by atoms with Crippen molar-refractivity contribution >= 4 is 11.9 Å². The summed E-state index contributed by atoms with van der Waals surface area (Å²) < 4.78 is 13.3. The first kappa shape index (κ1) is 20.0. The molecule has 31 heavy (non-hydrogen) atoms. The normalized spacial score (nSPS) is 18.0. The number of aliphatic imine (C=N–C) groups is 1. The van der Waals surface area contributed by atoms with Crippen LogP contribution in [0.3, 0.4) is 0 Å². The van der Waals surface area contributed by atoms with E-state index in [0.29, 0.717) is 22.3 Å². The minimum absolute atomic E-state index is 0.00134. The molecular formula is C23H18FN5O2. The molecule has 7 nitrogen and oxygen atoms in total. The number of aromatic nitrogens is 1. The number of phenols is 1. The molecule has 3 aromatic rings. The van der Waals surface area contributed by atoms with E-state index < -0.39 is 18.1 Å². The van der Waals surface area contributed by atoms with E-state index in [0.717, 1.165) is 0 Å². The highest BCUT2D eigenvalue weighted by atomic mass is 19.1. The minimum atomic E-state index is -1.63. The number of carbonyl (C=O) groups excluding carboxylic acids is 1. The Morgan fingerprint density at radius 1 is 1.19 bits per heavy atom. The van der Waals surface area contributed by atoms with Gasteiger partial charge in [0.05, 0.1) is 23.0 Å². The van der Waals surface area contributed by atoms with Gasteiger partial charge in [-0.25, -0.2) is 9.38 Å². The summed E-state index contributed by atoms with van der Waals surface area (Å²) in [5.74, 6) is -0.482. The maximum absolute atomic E-state index is 13.4. The van der Waals surface area contributed by atoms with Crippen molar-refractivity contribution in [1.82, 2.24) is 9.88 Å². The fraction of sp³-hybridized carbons (Fsp3) is 0.130. The summed E-state index contributed by atoms with van der Waals surface area (Å²) in [6.45, 7) is -0.797. The maximum Gasteiger partial charge on any atom is 0.267 e. The lowest BCUT2D eigenvalue weighted by molar-refractivity contribution is -0.129. The fourth-order valence-corrected chi connectivity index (χ4v) is 3.65. The second-order valence-corrected chi connectivity index (χ2v) is 7.12. The molecule has 0 bridgehead atoms. The molecule has 1 unspecified atom stereocenters. The summed E-state index contributed by atoms with van der Waals surface area (Å²) in [4.78, 5) is 23.3. The number of carbonyl (C=O) groups is 1. The van der Waals surface area contributed by atoms with Crippen molar-refractivity contribution in [2.24, 2.45) is 10.7 Å². The summed E-state index contributed by atoms with van der Waals surface area (Å²) in [6, 6.07) is 18.1. The molecule has 4 rings (SSSR count). The van der Waals surface area contributed by atoms with E-state index in [4.69, 9.17) is 5.73 Å². The average molecular weight is 415 g/mol. The zero-order chi connectivity index (χ0) is 22.2. The molecule has 1 aliphatic heterocycles. The molecule has 1 aromatic heterocycles. The van der Waals surface area contributed by atoms with Crippen LogP contribution in [0.1, 0.15) is 22.5 Å². The molecule has 0 fully saturated rings. The third-order valence-corrected chi connectivity index (χ3v) is 5.27. The Balaban J connectivity index is 1.97. The smallest absolute Gasteiger partial charge is 0.267 e. The number of hydrogen-bond acceptors (Lipinski definition) is 6. The lowest BCUT2D eigenvalue weighted by atomic mass is 9.84. The minimum Gasteiger partial charge on any atom is -0.507 e. The van der Waals surface area contributed by atoms with E-state index in [1.54, 1.807) is 48.5 Å². The van der Waals surface area contributed by atoms with Gasteiger partial charge in [0, 0.05) is 12.6 Å². The number of amides is 1. The van der Waals surface area contributed by atoms with Crippen molar-refractivity contribution in [3.05, 3.63) is 83.2 Å². The van der Waals surface area contributed by atoms with E-state index in [1.165, 1.54) is 24.1 Å². The quantitative estimate of drug-likeness (QED) is 0.680. The molecule has 2 heterocycles.